The molecule has 0 aromatic carbocycles. The zero-order valence-electron chi connectivity index (χ0n) is 2.13. The van der Waals surface area contributed by atoms with Crippen LogP contribution in [-0.2, 0) is 21.7 Å². The third kappa shape index (κ3) is 23.5. The van der Waals surface area contributed by atoms with Gasteiger partial charge in [0.15, 0.2) is 0 Å². The molecule has 0 amide bonds. The number of halogens is 4. The Morgan fingerprint density at radius 1 is 0.600 bits per heavy atom. The van der Waals surface area contributed by atoms with E-state index >= 15 is 0 Å². The van der Waals surface area contributed by atoms with Crippen LogP contribution in [0.15, 0.2) is 0 Å². The first-order valence-corrected chi connectivity index (χ1v) is 0. The van der Waals surface area contributed by atoms with E-state index in [1.54, 1.807) is 0 Å². The summed E-state index contributed by atoms with van der Waals surface area (Å²) in [5.41, 5.74) is 0. The molecule has 0 fully saturated rings. The minimum absolute atomic E-state index is 0. The van der Waals surface area contributed by atoms with E-state index in [0.29, 0.717) is 0 Å². The summed E-state index contributed by atoms with van der Waals surface area (Å²) in [6.45, 7) is 0. The molecule has 0 aliphatic heterocycles. The summed E-state index contributed by atoms with van der Waals surface area (Å²) in [5, 5.41) is 0. The second kappa shape index (κ2) is 36.5. The van der Waals surface area contributed by atoms with Gasteiger partial charge < -0.3 is 0 Å². The molecule has 0 aromatic heterocycles. The summed E-state index contributed by atoms with van der Waals surface area (Å²) in [5.74, 6) is 0. The van der Waals surface area contributed by atoms with E-state index in [9.17, 15) is 0 Å². The summed E-state index contributed by atoms with van der Waals surface area (Å²) in [4.78, 5) is 0. The topological polar surface area (TPSA) is 0 Å². The molecule has 0 nitrogen and oxygen atoms in total. The van der Waals surface area contributed by atoms with Crippen molar-refractivity contribution >= 4 is 54.2 Å². The molecule has 0 bridgehead atoms. The molecule has 0 aliphatic carbocycles. The largest absolute Gasteiger partial charge is 0.147 e. The van der Waals surface area contributed by atoms with Gasteiger partial charge in [-0.25, -0.2) is 0 Å². The Bertz CT molecular complexity index is 6.85. The molecule has 5 heteroatoms. The fraction of sp³-hybridized carbons (Fsp3) is 0. The smallest absolute Gasteiger partial charge is 0 e. The van der Waals surface area contributed by atoms with Crippen LogP contribution in [-0.4, -0.2) is 0 Å². The van der Waals surface area contributed by atoms with E-state index in [1.807, 2.05) is 0 Å². The Hall–Kier alpha value is 2.06. The van der Waals surface area contributed by atoms with Gasteiger partial charge in [0, 0.05) is 21.7 Å². The minimum Gasteiger partial charge on any atom is -0.147 e. The monoisotopic (exact) mass is 236 g/mol. The van der Waals surface area contributed by atoms with Gasteiger partial charge in [-0.2, -0.15) is 0 Å². The van der Waals surface area contributed by atoms with Crippen LogP contribution in [0.1, 0.15) is 0 Å². The Kier molecular flexibility index (Phi) is 445. The fourth-order valence-electron chi connectivity index (χ4n) is 0. The third-order valence-corrected chi connectivity index (χ3v) is 0. The molecule has 0 rings (SSSR count). The van der Waals surface area contributed by atoms with Crippen LogP contribution >= 0.6 is 54.2 Å². The fourth-order valence-corrected chi connectivity index (χ4v) is 0. The van der Waals surface area contributed by atoms with E-state index in [4.69, 9.17) is 0 Å². The zero-order chi connectivity index (χ0) is 0. The van der Waals surface area contributed by atoms with Gasteiger partial charge in [0.2, 0.25) is 0 Å². The predicted octanol–water partition coefficient (Wildman–Crippen LogP) is 1.84. The standard InChI is InChI=1S/BrH.3ClH.Ti/h4*1H;. The Morgan fingerprint density at radius 2 is 0.600 bits per heavy atom. The van der Waals surface area contributed by atoms with Crippen LogP contribution < -0.4 is 0 Å². The van der Waals surface area contributed by atoms with Crippen molar-refractivity contribution in [1.82, 2.24) is 0 Å². The van der Waals surface area contributed by atoms with Gasteiger partial charge >= 0.3 is 0 Å². The molecule has 5 heavy (non-hydrogen) atoms. The van der Waals surface area contributed by atoms with Crippen LogP contribution in [0.25, 0.3) is 0 Å². The minimum atomic E-state index is 0. The van der Waals surface area contributed by atoms with Crippen molar-refractivity contribution in [3.8, 4) is 0 Å². The maximum Gasteiger partial charge on any atom is 0 e. The van der Waals surface area contributed by atoms with Gasteiger partial charge in [-0.05, 0) is 0 Å². The summed E-state index contributed by atoms with van der Waals surface area (Å²) in [6, 6.07) is 0. The van der Waals surface area contributed by atoms with Crippen molar-refractivity contribution in [2.45, 2.75) is 0 Å². The average Bonchev–Trinajstić information content (AvgIpc) is 0. The van der Waals surface area contributed by atoms with Gasteiger partial charge in [-0.1, -0.05) is 0 Å². The number of rotatable bonds is 0. The molecule has 0 N–H and O–H groups in total. The van der Waals surface area contributed by atoms with Crippen molar-refractivity contribution < 1.29 is 21.7 Å². The van der Waals surface area contributed by atoms with Crippen LogP contribution in [0.4, 0.5) is 0 Å². The van der Waals surface area contributed by atoms with Crippen molar-refractivity contribution in [2.24, 2.45) is 0 Å². The zero-order valence-corrected chi connectivity index (χ0v) is 7.86. The molecule has 0 radical (unpaired) electrons. The molecule has 0 saturated heterocycles. The van der Waals surface area contributed by atoms with Crippen molar-refractivity contribution in [2.75, 3.05) is 0 Å². The van der Waals surface area contributed by atoms with Crippen molar-refractivity contribution in [1.29, 1.82) is 0 Å². The van der Waals surface area contributed by atoms with Crippen LogP contribution in [0.5, 0.6) is 0 Å². The summed E-state index contributed by atoms with van der Waals surface area (Å²) in [6.07, 6.45) is 0. The van der Waals surface area contributed by atoms with Crippen LogP contribution in [0, 0.1) is 0 Å². The molecule has 0 unspecified atom stereocenters. The molecular formula is H4BrCl3Ti. The van der Waals surface area contributed by atoms with E-state index in [1.165, 1.54) is 0 Å². The SMILES string of the molecule is Br.Cl.Cl.Cl.[Ti]. The quantitative estimate of drug-likeness (QED) is 0.565. The van der Waals surface area contributed by atoms with E-state index in [0.717, 1.165) is 0 Å². The average molecular weight is 238 g/mol. The van der Waals surface area contributed by atoms with Crippen molar-refractivity contribution in [3.63, 3.8) is 0 Å². The first-order chi connectivity index (χ1) is 0. The molecule has 0 heterocycles. The summed E-state index contributed by atoms with van der Waals surface area (Å²) < 4.78 is 0. The third-order valence-electron chi connectivity index (χ3n) is 0. The first kappa shape index (κ1) is 61.0. The maximum absolute atomic E-state index is 0. The van der Waals surface area contributed by atoms with E-state index in [-0.39, 0.29) is 75.9 Å². The molecule has 0 aliphatic rings. The molecule has 0 saturated carbocycles. The summed E-state index contributed by atoms with van der Waals surface area (Å²) in [7, 11) is 0. The van der Waals surface area contributed by atoms with Crippen LogP contribution in [0.2, 0.25) is 0 Å². The Morgan fingerprint density at radius 3 is 0.600 bits per heavy atom. The molecular weight excluding hydrogens is 234 g/mol. The number of hydrogen-bond acceptors (Lipinski definition) is 0. The second-order valence-corrected chi connectivity index (χ2v) is 0. The number of hydrogen-bond donors (Lipinski definition) is 0. The Labute approximate surface area is 75.3 Å². The van der Waals surface area contributed by atoms with Gasteiger partial charge in [0.05, 0.1) is 0 Å². The van der Waals surface area contributed by atoms with Crippen LogP contribution in [0.3, 0.4) is 0 Å². The van der Waals surface area contributed by atoms with E-state index in [2.05, 4.69) is 0 Å². The first-order valence-electron chi connectivity index (χ1n) is 0. The van der Waals surface area contributed by atoms with E-state index < -0.39 is 0 Å². The summed E-state index contributed by atoms with van der Waals surface area (Å²) >= 11 is 0. The Balaban J connectivity index is 0. The second-order valence-electron chi connectivity index (χ2n) is 0. The van der Waals surface area contributed by atoms with Gasteiger partial charge in [0.1, 0.15) is 0 Å². The molecule has 0 aromatic rings. The van der Waals surface area contributed by atoms with Gasteiger partial charge in [-0.3, -0.25) is 0 Å². The van der Waals surface area contributed by atoms with Gasteiger partial charge in [0.25, 0.3) is 0 Å². The van der Waals surface area contributed by atoms with Crippen molar-refractivity contribution in [3.05, 3.63) is 0 Å². The molecule has 0 spiro atoms. The normalized spacial score (nSPS) is 0. The maximum atomic E-state index is 0. The molecule has 0 atom stereocenters. The predicted molar refractivity (Wildman–Crippen MR) is 32.1 cm³/mol. The molecule has 36 valence electrons. The van der Waals surface area contributed by atoms with Gasteiger partial charge in [-0.15, -0.1) is 54.2 Å².